The number of ether oxygens (including phenoxy) is 1. The first-order valence-corrected chi connectivity index (χ1v) is 13.3. The molecule has 4 nitrogen and oxygen atoms in total. The van der Waals surface area contributed by atoms with E-state index in [1.165, 1.54) is 12.8 Å². The third kappa shape index (κ3) is 3.68. The number of rotatable bonds is 12. The molecule has 0 aromatic heterocycles. The van der Waals surface area contributed by atoms with Crippen molar-refractivity contribution in [2.24, 2.45) is 46.8 Å². The van der Waals surface area contributed by atoms with Gasteiger partial charge in [-0.05, 0) is 106 Å². The zero-order valence-electron chi connectivity index (χ0n) is 20.4. The lowest BCUT2D eigenvalue weighted by Gasteiger charge is -2.94. The number of aliphatic hydroxyl groups is 1. The standard InChI is InChI=1S/C29H40O4/c1-17(2)33-25(32)9-7-5-4-6-8-19-10-13-24(31)21(19)12-11-20(30)14-15-29-22-16-23(29)27-18(3)26(22)28(27)29/h4,6,10,12-13,17-20,22-23,26-28,30H,5,7-9,11,14-16H2,1-3H3/b6-4-,21-12+. The highest BCUT2D eigenvalue weighted by atomic mass is 16.5. The molecule has 0 bridgehead atoms. The first-order chi connectivity index (χ1) is 15.8. The predicted molar refractivity (Wildman–Crippen MR) is 128 cm³/mol. The Morgan fingerprint density at radius 3 is 2.73 bits per heavy atom. The highest BCUT2D eigenvalue weighted by Gasteiger charge is 2.89. The summed E-state index contributed by atoms with van der Waals surface area (Å²) in [4.78, 5) is 23.9. The zero-order chi connectivity index (χ0) is 23.3. The first-order valence-electron chi connectivity index (χ1n) is 13.3. The Kier molecular flexibility index (Phi) is 6.18. The molecule has 0 saturated heterocycles. The van der Waals surface area contributed by atoms with Crippen molar-refractivity contribution in [3.05, 3.63) is 36.0 Å². The molecule has 1 N–H and O–H groups in total. The van der Waals surface area contributed by atoms with Gasteiger partial charge in [0, 0.05) is 17.9 Å². The van der Waals surface area contributed by atoms with Crippen molar-refractivity contribution in [2.45, 2.75) is 84.3 Å². The molecule has 6 atom stereocenters. The van der Waals surface area contributed by atoms with Crippen LogP contribution in [0.25, 0.3) is 0 Å². The molecule has 4 heteroatoms. The third-order valence-corrected chi connectivity index (χ3v) is 9.84. The fourth-order valence-electron chi connectivity index (χ4n) is 8.51. The van der Waals surface area contributed by atoms with E-state index in [1.54, 1.807) is 6.08 Å². The van der Waals surface area contributed by atoms with Gasteiger partial charge >= 0.3 is 5.97 Å². The number of hydrogen-bond acceptors (Lipinski definition) is 4. The molecule has 0 aromatic rings. The fourth-order valence-corrected chi connectivity index (χ4v) is 8.51. The summed E-state index contributed by atoms with van der Waals surface area (Å²) in [5.74, 6) is 6.00. The van der Waals surface area contributed by atoms with Crippen LogP contribution in [0.5, 0.6) is 0 Å². The van der Waals surface area contributed by atoms with E-state index in [0.29, 0.717) is 18.3 Å². The summed E-state index contributed by atoms with van der Waals surface area (Å²) in [7, 11) is 0. The van der Waals surface area contributed by atoms with Gasteiger partial charge in [0.2, 0.25) is 0 Å². The summed E-state index contributed by atoms with van der Waals surface area (Å²) >= 11 is 0. The zero-order valence-corrected chi connectivity index (χ0v) is 20.4. The van der Waals surface area contributed by atoms with E-state index in [-0.39, 0.29) is 29.9 Å². The molecular formula is C29H40O4. The van der Waals surface area contributed by atoms with Crippen LogP contribution in [-0.2, 0) is 14.3 Å². The topological polar surface area (TPSA) is 63.6 Å². The van der Waals surface area contributed by atoms with Crippen molar-refractivity contribution in [1.82, 2.24) is 0 Å². The van der Waals surface area contributed by atoms with Gasteiger partial charge in [-0.1, -0.05) is 31.2 Å². The molecular weight excluding hydrogens is 412 g/mol. The van der Waals surface area contributed by atoms with E-state index in [0.717, 1.165) is 66.8 Å². The average molecular weight is 453 g/mol. The number of fused-ring (bicyclic) bond motifs is 2. The van der Waals surface area contributed by atoms with Gasteiger partial charge in [0.05, 0.1) is 12.2 Å². The Hall–Kier alpha value is -1.68. The fraction of sp³-hybridized carbons (Fsp3) is 0.724. The second kappa shape index (κ2) is 8.83. The van der Waals surface area contributed by atoms with Crippen LogP contribution in [0.3, 0.4) is 0 Å². The summed E-state index contributed by atoms with van der Waals surface area (Å²) in [6.45, 7) is 6.18. The smallest absolute Gasteiger partial charge is 0.306 e. The number of aliphatic hydroxyl groups excluding tert-OH is 1. The summed E-state index contributed by atoms with van der Waals surface area (Å²) in [5, 5.41) is 10.7. The Bertz CT molecular complexity index is 849. The van der Waals surface area contributed by atoms with Crippen LogP contribution < -0.4 is 0 Å². The van der Waals surface area contributed by atoms with Crippen molar-refractivity contribution in [1.29, 1.82) is 0 Å². The molecule has 0 amide bonds. The van der Waals surface area contributed by atoms with Crippen molar-refractivity contribution >= 4 is 11.8 Å². The predicted octanol–water partition coefficient (Wildman–Crippen LogP) is 5.42. The number of carbonyl (C=O) groups excluding carboxylic acids is 2. The van der Waals surface area contributed by atoms with Gasteiger partial charge in [-0.2, -0.15) is 0 Å². The molecule has 0 heterocycles. The number of carbonyl (C=O) groups is 2. The van der Waals surface area contributed by atoms with Crippen LogP contribution in [0.4, 0.5) is 0 Å². The quantitative estimate of drug-likeness (QED) is 0.186. The van der Waals surface area contributed by atoms with E-state index in [4.69, 9.17) is 4.74 Å². The lowest BCUT2D eigenvalue weighted by molar-refractivity contribution is -0.468. The van der Waals surface area contributed by atoms with E-state index in [1.807, 2.05) is 26.0 Å². The van der Waals surface area contributed by atoms with Crippen LogP contribution in [0, 0.1) is 46.8 Å². The van der Waals surface area contributed by atoms with Crippen molar-refractivity contribution in [3.63, 3.8) is 0 Å². The number of allylic oxidation sites excluding steroid dienone is 5. The van der Waals surface area contributed by atoms with Crippen LogP contribution in [-0.4, -0.2) is 29.1 Å². The van der Waals surface area contributed by atoms with Gasteiger partial charge in [0.15, 0.2) is 5.78 Å². The minimum absolute atomic E-state index is 0.0588. The largest absolute Gasteiger partial charge is 0.463 e. The second-order valence-electron chi connectivity index (χ2n) is 11.7. The monoisotopic (exact) mass is 452 g/mol. The number of esters is 1. The molecule has 0 aliphatic heterocycles. The van der Waals surface area contributed by atoms with E-state index < -0.39 is 0 Å². The Morgan fingerprint density at radius 1 is 1.27 bits per heavy atom. The molecule has 0 radical (unpaired) electrons. The molecule has 5 aliphatic rings. The lowest BCUT2D eigenvalue weighted by Crippen LogP contribution is -2.89. The van der Waals surface area contributed by atoms with Crippen LogP contribution in [0.2, 0.25) is 0 Å². The maximum Gasteiger partial charge on any atom is 0.306 e. The average Bonchev–Trinajstić information content (AvgIpc) is 3.12. The minimum Gasteiger partial charge on any atom is -0.463 e. The summed E-state index contributed by atoms with van der Waals surface area (Å²) in [5.41, 5.74) is 1.46. The van der Waals surface area contributed by atoms with Gasteiger partial charge in [0.1, 0.15) is 0 Å². The summed E-state index contributed by atoms with van der Waals surface area (Å²) in [6, 6.07) is 0. The maximum atomic E-state index is 12.3. The Labute approximate surface area is 198 Å². The maximum absolute atomic E-state index is 12.3. The molecule has 5 rings (SSSR count). The van der Waals surface area contributed by atoms with Gasteiger partial charge in [-0.25, -0.2) is 0 Å². The number of unbranched alkanes of at least 4 members (excludes halogenated alkanes) is 1. The third-order valence-electron chi connectivity index (χ3n) is 9.84. The Morgan fingerprint density at radius 2 is 2.03 bits per heavy atom. The molecule has 33 heavy (non-hydrogen) atoms. The number of hydrogen-bond donors (Lipinski definition) is 1. The van der Waals surface area contributed by atoms with Crippen molar-refractivity contribution in [2.75, 3.05) is 0 Å². The highest BCUT2D eigenvalue weighted by Crippen LogP contribution is 2.93. The summed E-state index contributed by atoms with van der Waals surface area (Å²) in [6.07, 6.45) is 16.4. The molecule has 180 valence electrons. The van der Waals surface area contributed by atoms with Gasteiger partial charge in [-0.3, -0.25) is 9.59 Å². The van der Waals surface area contributed by atoms with Crippen molar-refractivity contribution in [3.8, 4) is 0 Å². The second-order valence-corrected chi connectivity index (χ2v) is 11.7. The van der Waals surface area contributed by atoms with Crippen LogP contribution in [0.15, 0.2) is 36.0 Å². The van der Waals surface area contributed by atoms with Gasteiger partial charge in [0.25, 0.3) is 0 Å². The van der Waals surface area contributed by atoms with Crippen LogP contribution in [0.1, 0.15) is 72.1 Å². The normalized spacial score (nSPS) is 41.4. The number of ketones is 1. The Balaban J connectivity index is 1.02. The lowest BCUT2D eigenvalue weighted by atomic mass is 9.10. The molecule has 0 spiro atoms. The van der Waals surface area contributed by atoms with Crippen molar-refractivity contribution < 1.29 is 19.4 Å². The SMILES string of the molecule is CC(C)OC(=O)CCC/C=C\CC1C=CC(=O)/C1=C/CC(O)CCC12C3CC1C1C(C)C3C12. The minimum atomic E-state index is -0.336. The molecule has 6 unspecified atom stereocenters. The molecule has 5 aliphatic carbocycles. The first kappa shape index (κ1) is 23.1. The van der Waals surface area contributed by atoms with E-state index in [2.05, 4.69) is 19.1 Å². The summed E-state index contributed by atoms with van der Waals surface area (Å²) < 4.78 is 5.14. The van der Waals surface area contributed by atoms with Gasteiger partial charge < -0.3 is 9.84 Å². The molecule has 0 aromatic carbocycles. The molecule has 4 saturated carbocycles. The van der Waals surface area contributed by atoms with E-state index in [9.17, 15) is 14.7 Å². The van der Waals surface area contributed by atoms with Gasteiger partial charge in [-0.15, -0.1) is 0 Å². The molecule has 4 fully saturated rings. The van der Waals surface area contributed by atoms with Crippen LogP contribution >= 0.6 is 0 Å². The van der Waals surface area contributed by atoms with E-state index >= 15 is 0 Å². The highest BCUT2D eigenvalue weighted by molar-refractivity contribution is 6.07.